The number of ether oxygens (including phenoxy) is 1. The highest BCUT2D eigenvalue weighted by molar-refractivity contribution is 5.76. The zero-order valence-electron chi connectivity index (χ0n) is 13.2. The average molecular weight is 329 g/mol. The summed E-state index contributed by atoms with van der Waals surface area (Å²) < 4.78 is 5.36. The van der Waals surface area contributed by atoms with Crippen LogP contribution in [0.3, 0.4) is 0 Å². The standard InChI is InChI=1S/C16H19N5O3/c22-14(17-8-11-1-2-12-13(7-11)20-10-19-12)21-5-3-16(4-6-21)9-18-15(23)24-16/h1-2,7,10H,3-6,8-9H2,(H,17,22)(H,18,23)(H,19,20). The van der Waals surface area contributed by atoms with Crippen LogP contribution in [0.15, 0.2) is 24.5 Å². The van der Waals surface area contributed by atoms with Gasteiger partial charge in [-0.15, -0.1) is 0 Å². The van der Waals surface area contributed by atoms with Crippen molar-refractivity contribution in [1.82, 2.24) is 25.5 Å². The fourth-order valence-electron chi connectivity index (χ4n) is 3.28. The normalized spacial score (nSPS) is 19.3. The third-order valence-corrected chi connectivity index (χ3v) is 4.75. The molecule has 0 bridgehead atoms. The number of nitrogens with zero attached hydrogens (tertiary/aromatic N) is 2. The molecule has 2 aliphatic rings. The lowest BCUT2D eigenvalue weighted by Crippen LogP contribution is -2.51. The predicted octanol–water partition coefficient (Wildman–Crippen LogP) is 1.35. The van der Waals surface area contributed by atoms with E-state index in [1.165, 1.54) is 0 Å². The number of rotatable bonds is 2. The second-order valence-corrected chi connectivity index (χ2v) is 6.33. The number of nitrogens with one attached hydrogen (secondary N) is 3. The van der Waals surface area contributed by atoms with E-state index in [-0.39, 0.29) is 12.1 Å². The molecule has 126 valence electrons. The van der Waals surface area contributed by atoms with Crippen LogP contribution in [0.2, 0.25) is 0 Å². The summed E-state index contributed by atoms with van der Waals surface area (Å²) in [6.07, 6.45) is 2.63. The highest BCUT2D eigenvalue weighted by Crippen LogP contribution is 2.29. The van der Waals surface area contributed by atoms with E-state index in [1.807, 2.05) is 18.2 Å². The number of carbonyl (C=O) groups excluding carboxylic acids is 2. The summed E-state index contributed by atoms with van der Waals surface area (Å²) in [5.74, 6) is 0. The molecule has 0 radical (unpaired) electrons. The van der Waals surface area contributed by atoms with E-state index in [0.717, 1.165) is 16.6 Å². The van der Waals surface area contributed by atoms with Gasteiger partial charge in [0.2, 0.25) is 0 Å². The van der Waals surface area contributed by atoms with Crippen LogP contribution in [0.5, 0.6) is 0 Å². The summed E-state index contributed by atoms with van der Waals surface area (Å²) in [6.45, 7) is 2.16. The first kappa shape index (κ1) is 14.8. The van der Waals surface area contributed by atoms with Gasteiger partial charge in [-0.1, -0.05) is 6.07 Å². The fraction of sp³-hybridized carbons (Fsp3) is 0.438. The zero-order valence-corrected chi connectivity index (χ0v) is 13.2. The average Bonchev–Trinajstić information content (AvgIpc) is 3.20. The van der Waals surface area contributed by atoms with Gasteiger partial charge in [-0.05, 0) is 17.7 Å². The summed E-state index contributed by atoms with van der Waals surface area (Å²) in [4.78, 5) is 32.6. The van der Waals surface area contributed by atoms with Crippen LogP contribution in [-0.2, 0) is 11.3 Å². The number of hydrogen-bond acceptors (Lipinski definition) is 4. The topological polar surface area (TPSA) is 99.4 Å². The Kier molecular flexibility index (Phi) is 3.51. The number of piperidine rings is 1. The molecule has 3 heterocycles. The SMILES string of the molecule is O=C1NCC2(CCN(C(=O)NCc3ccc4nc[nH]c4c3)CC2)O1. The van der Waals surface area contributed by atoms with Crippen LogP contribution in [0, 0.1) is 0 Å². The van der Waals surface area contributed by atoms with Gasteiger partial charge in [-0.25, -0.2) is 14.6 Å². The third kappa shape index (κ3) is 2.75. The number of alkyl carbamates (subject to hydrolysis) is 1. The molecule has 0 atom stereocenters. The minimum Gasteiger partial charge on any atom is -0.441 e. The Hall–Kier alpha value is -2.77. The molecule has 2 aliphatic heterocycles. The van der Waals surface area contributed by atoms with Crippen LogP contribution in [0.1, 0.15) is 18.4 Å². The van der Waals surface area contributed by atoms with Crippen LogP contribution in [0.25, 0.3) is 11.0 Å². The van der Waals surface area contributed by atoms with Crippen molar-refractivity contribution >= 4 is 23.2 Å². The number of benzene rings is 1. The molecule has 2 fully saturated rings. The third-order valence-electron chi connectivity index (χ3n) is 4.75. The number of likely N-dealkylation sites (tertiary alicyclic amines) is 1. The second-order valence-electron chi connectivity index (χ2n) is 6.33. The summed E-state index contributed by atoms with van der Waals surface area (Å²) in [5.41, 5.74) is 2.45. The van der Waals surface area contributed by atoms with Crippen molar-refractivity contribution in [1.29, 1.82) is 0 Å². The molecule has 1 aromatic heterocycles. The maximum atomic E-state index is 12.3. The zero-order chi connectivity index (χ0) is 16.6. The Morgan fingerprint density at radius 3 is 2.96 bits per heavy atom. The quantitative estimate of drug-likeness (QED) is 0.774. The molecule has 3 N–H and O–H groups in total. The molecule has 4 rings (SSSR count). The molecule has 24 heavy (non-hydrogen) atoms. The highest BCUT2D eigenvalue weighted by atomic mass is 16.6. The van der Waals surface area contributed by atoms with Gasteiger partial charge in [0.15, 0.2) is 0 Å². The monoisotopic (exact) mass is 329 g/mol. The van der Waals surface area contributed by atoms with Crippen LogP contribution >= 0.6 is 0 Å². The Morgan fingerprint density at radius 2 is 2.21 bits per heavy atom. The van der Waals surface area contributed by atoms with Gasteiger partial charge in [0, 0.05) is 32.5 Å². The summed E-state index contributed by atoms with van der Waals surface area (Å²) in [5, 5.41) is 5.64. The number of aromatic nitrogens is 2. The van der Waals surface area contributed by atoms with Crippen molar-refractivity contribution in [3.8, 4) is 0 Å². The Balaban J connectivity index is 1.31. The lowest BCUT2D eigenvalue weighted by molar-refractivity contribution is 0.00975. The van der Waals surface area contributed by atoms with Crippen molar-refractivity contribution < 1.29 is 14.3 Å². The summed E-state index contributed by atoms with van der Waals surface area (Å²) >= 11 is 0. The lowest BCUT2D eigenvalue weighted by Gasteiger charge is -2.37. The van der Waals surface area contributed by atoms with Gasteiger partial charge in [-0.3, -0.25) is 0 Å². The van der Waals surface area contributed by atoms with Gasteiger partial charge in [0.05, 0.1) is 23.9 Å². The first-order valence-corrected chi connectivity index (χ1v) is 8.05. The molecule has 0 aliphatic carbocycles. The number of amides is 3. The fourth-order valence-corrected chi connectivity index (χ4v) is 3.28. The molecule has 0 saturated carbocycles. The first-order chi connectivity index (χ1) is 11.6. The van der Waals surface area contributed by atoms with Crippen LogP contribution in [-0.4, -0.2) is 52.2 Å². The van der Waals surface area contributed by atoms with Crippen molar-refractivity contribution in [2.45, 2.75) is 25.0 Å². The molecular formula is C16H19N5O3. The van der Waals surface area contributed by atoms with Gasteiger partial charge >= 0.3 is 12.1 Å². The molecular weight excluding hydrogens is 310 g/mol. The molecule has 8 heteroatoms. The van der Waals surface area contributed by atoms with Crippen LogP contribution in [0.4, 0.5) is 9.59 Å². The van der Waals surface area contributed by atoms with E-state index in [2.05, 4.69) is 20.6 Å². The molecule has 1 spiro atoms. The van der Waals surface area contributed by atoms with Crippen molar-refractivity contribution in [2.75, 3.05) is 19.6 Å². The van der Waals surface area contributed by atoms with Crippen molar-refractivity contribution in [2.24, 2.45) is 0 Å². The molecule has 0 unspecified atom stereocenters. The Bertz CT molecular complexity index is 779. The summed E-state index contributed by atoms with van der Waals surface area (Å²) in [7, 11) is 0. The highest BCUT2D eigenvalue weighted by Gasteiger charge is 2.43. The lowest BCUT2D eigenvalue weighted by atomic mass is 9.92. The largest absolute Gasteiger partial charge is 0.441 e. The number of aromatic amines is 1. The predicted molar refractivity (Wildman–Crippen MR) is 86.4 cm³/mol. The van der Waals surface area contributed by atoms with Crippen molar-refractivity contribution in [3.05, 3.63) is 30.1 Å². The molecule has 1 aromatic carbocycles. The maximum Gasteiger partial charge on any atom is 0.407 e. The smallest absolute Gasteiger partial charge is 0.407 e. The minimum absolute atomic E-state index is 0.0909. The van der Waals surface area contributed by atoms with Gasteiger partial charge in [0.25, 0.3) is 0 Å². The van der Waals surface area contributed by atoms with Gasteiger partial charge in [0.1, 0.15) is 5.60 Å². The first-order valence-electron chi connectivity index (χ1n) is 8.05. The minimum atomic E-state index is -0.431. The number of urea groups is 1. The maximum absolute atomic E-state index is 12.3. The van der Waals surface area contributed by atoms with E-state index >= 15 is 0 Å². The van der Waals surface area contributed by atoms with E-state index in [9.17, 15) is 9.59 Å². The van der Waals surface area contributed by atoms with E-state index in [1.54, 1.807) is 11.2 Å². The van der Waals surface area contributed by atoms with E-state index in [4.69, 9.17) is 4.74 Å². The number of fused-ring (bicyclic) bond motifs is 1. The van der Waals surface area contributed by atoms with Crippen LogP contribution < -0.4 is 10.6 Å². The number of H-pyrrole nitrogens is 1. The van der Waals surface area contributed by atoms with Gasteiger partial charge in [-0.2, -0.15) is 0 Å². The summed E-state index contributed by atoms with van der Waals surface area (Å²) in [6, 6.07) is 5.78. The van der Waals surface area contributed by atoms with Gasteiger partial charge < -0.3 is 25.3 Å². The molecule has 2 saturated heterocycles. The molecule has 3 amide bonds. The Labute approximate surface area is 138 Å². The Morgan fingerprint density at radius 1 is 1.38 bits per heavy atom. The number of hydrogen-bond donors (Lipinski definition) is 3. The number of carbonyl (C=O) groups is 2. The molecule has 2 aromatic rings. The number of imidazole rings is 1. The van der Waals surface area contributed by atoms with E-state index < -0.39 is 5.60 Å². The van der Waals surface area contributed by atoms with Crippen molar-refractivity contribution in [3.63, 3.8) is 0 Å². The molecule has 8 nitrogen and oxygen atoms in total. The second kappa shape index (κ2) is 5.70. The van der Waals surface area contributed by atoms with E-state index in [0.29, 0.717) is 39.0 Å².